The summed E-state index contributed by atoms with van der Waals surface area (Å²) < 4.78 is 11.6. The minimum atomic E-state index is -0.728. The first-order valence-corrected chi connectivity index (χ1v) is 22.4. The Kier molecular flexibility index (Phi) is 41.0. The van der Waals surface area contributed by atoms with Crippen LogP contribution in [0.25, 0.3) is 0 Å². The summed E-state index contributed by atoms with van der Waals surface area (Å²) in [4.78, 5) is 0. The molecule has 0 rings (SSSR count). The minimum Gasteiger partial charge on any atom is -0.396 e. The van der Waals surface area contributed by atoms with E-state index in [1.807, 2.05) is 0 Å². The first-order valence-electron chi connectivity index (χ1n) is 21.5. The molecule has 0 aromatic rings. The molecule has 0 bridgehead atoms. The molecule has 49 heavy (non-hydrogen) atoms. The Balaban J connectivity index is 3.92. The highest BCUT2D eigenvalue weighted by atomic mass is 32.2. The third-order valence-corrected chi connectivity index (χ3v) is 11.7. The lowest BCUT2D eigenvalue weighted by Crippen LogP contribution is -2.36. The average Bonchev–Trinajstić information content (AvgIpc) is 3.10. The lowest BCUT2D eigenvalue weighted by molar-refractivity contribution is 0.0264. The fourth-order valence-electron chi connectivity index (χ4n) is 6.60. The maximum atomic E-state index is 10.8. The Morgan fingerprint density at radius 3 is 0.878 bits per heavy atom. The van der Waals surface area contributed by atoms with E-state index in [0.29, 0.717) is 26.1 Å². The van der Waals surface area contributed by atoms with Gasteiger partial charge < -0.3 is 29.9 Å². The second kappa shape index (κ2) is 40.9. The quantitative estimate of drug-likeness (QED) is 0.0466. The molecule has 0 saturated carbocycles. The second-order valence-electron chi connectivity index (χ2n) is 14.7. The zero-order chi connectivity index (χ0) is 35.9. The molecule has 4 N–H and O–H groups in total. The molecule has 0 radical (unpaired) electrons. The molecule has 0 saturated heterocycles. The van der Waals surface area contributed by atoms with Crippen LogP contribution in [0.15, 0.2) is 0 Å². The smallest absolute Gasteiger partial charge is 0.0892 e. The van der Waals surface area contributed by atoms with Crippen molar-refractivity contribution in [2.45, 2.75) is 229 Å². The molecule has 0 aliphatic rings. The highest BCUT2D eigenvalue weighted by Crippen LogP contribution is 2.29. The van der Waals surface area contributed by atoms with Crippen LogP contribution in [0.2, 0.25) is 0 Å². The fraction of sp³-hybridized carbons (Fsp3) is 1.00. The predicted octanol–water partition coefficient (Wildman–Crippen LogP) is 10.9. The Bertz CT molecular complexity index is 562. The number of ether oxygens (including phenoxy) is 2. The summed E-state index contributed by atoms with van der Waals surface area (Å²) >= 11 is 1.45. The number of hydrogen-bond donors (Lipinski definition) is 4. The molecule has 6 nitrogen and oxygen atoms in total. The lowest BCUT2D eigenvalue weighted by Gasteiger charge is -2.29. The first-order chi connectivity index (χ1) is 24.1. The molecule has 0 fully saturated rings. The van der Waals surface area contributed by atoms with Gasteiger partial charge in [-0.1, -0.05) is 181 Å². The van der Waals surface area contributed by atoms with Crippen LogP contribution in [-0.2, 0) is 9.47 Å². The van der Waals surface area contributed by atoms with Crippen molar-refractivity contribution in [2.24, 2.45) is 0 Å². The van der Waals surface area contributed by atoms with E-state index in [-0.39, 0.29) is 36.9 Å². The standard InChI is InChI=1S/C42H86O6S/c1-3-5-7-9-11-13-15-17-19-21-23-25-27-29-35-47-37-39(45)41(31-33-43)49-42(32-34-44)40(46)38-48-36-30-28-26-24-22-20-18-16-14-12-10-8-6-4-2/h39-46H,3-38H2,1-2H3. The van der Waals surface area contributed by atoms with Crippen LogP contribution in [-0.4, -0.2) is 82.8 Å². The number of aliphatic hydroxyl groups is 4. The van der Waals surface area contributed by atoms with Crippen molar-refractivity contribution in [3.8, 4) is 0 Å². The van der Waals surface area contributed by atoms with Gasteiger partial charge in [-0.05, 0) is 25.7 Å². The summed E-state index contributed by atoms with van der Waals surface area (Å²) in [5, 5.41) is 40.4. The van der Waals surface area contributed by atoms with E-state index < -0.39 is 12.2 Å². The van der Waals surface area contributed by atoms with Gasteiger partial charge in [0.15, 0.2) is 0 Å². The normalized spacial score (nSPS) is 14.3. The van der Waals surface area contributed by atoms with Crippen molar-refractivity contribution in [1.29, 1.82) is 0 Å². The Hall–Kier alpha value is 0.110. The molecule has 0 aromatic carbocycles. The zero-order valence-electron chi connectivity index (χ0n) is 32.8. The maximum absolute atomic E-state index is 10.8. The van der Waals surface area contributed by atoms with E-state index in [4.69, 9.17) is 9.47 Å². The average molecular weight is 719 g/mol. The van der Waals surface area contributed by atoms with Crippen molar-refractivity contribution in [3.63, 3.8) is 0 Å². The second-order valence-corrected chi connectivity index (χ2v) is 16.2. The van der Waals surface area contributed by atoms with E-state index in [1.54, 1.807) is 0 Å². The number of unbranched alkanes of at least 4 members (excludes halogenated alkanes) is 26. The highest BCUT2D eigenvalue weighted by Gasteiger charge is 2.28. The van der Waals surface area contributed by atoms with Crippen molar-refractivity contribution in [3.05, 3.63) is 0 Å². The van der Waals surface area contributed by atoms with Crippen LogP contribution >= 0.6 is 11.8 Å². The van der Waals surface area contributed by atoms with Crippen LogP contribution < -0.4 is 0 Å². The minimum absolute atomic E-state index is 0.0365. The lowest BCUT2D eigenvalue weighted by atomic mass is 10.0. The van der Waals surface area contributed by atoms with Crippen LogP contribution in [0, 0.1) is 0 Å². The van der Waals surface area contributed by atoms with Crippen LogP contribution in [0.3, 0.4) is 0 Å². The van der Waals surface area contributed by atoms with Gasteiger partial charge in [-0.2, -0.15) is 0 Å². The Labute approximate surface area is 309 Å². The van der Waals surface area contributed by atoms with E-state index >= 15 is 0 Å². The van der Waals surface area contributed by atoms with Gasteiger partial charge in [0.1, 0.15) is 0 Å². The van der Waals surface area contributed by atoms with Crippen molar-refractivity contribution < 1.29 is 29.9 Å². The van der Waals surface area contributed by atoms with Crippen LogP contribution in [0.4, 0.5) is 0 Å². The van der Waals surface area contributed by atoms with Gasteiger partial charge in [-0.15, -0.1) is 11.8 Å². The van der Waals surface area contributed by atoms with Gasteiger partial charge in [-0.25, -0.2) is 0 Å². The van der Waals surface area contributed by atoms with Gasteiger partial charge in [0, 0.05) is 36.9 Å². The van der Waals surface area contributed by atoms with Gasteiger partial charge in [0.2, 0.25) is 0 Å². The number of rotatable bonds is 42. The molecule has 0 aromatic heterocycles. The van der Waals surface area contributed by atoms with Gasteiger partial charge >= 0.3 is 0 Å². The maximum Gasteiger partial charge on any atom is 0.0892 e. The van der Waals surface area contributed by atoms with E-state index in [0.717, 1.165) is 25.7 Å². The molecule has 0 amide bonds. The SMILES string of the molecule is CCCCCCCCCCCCCCCCOCC(O)C(CCO)SC(CCO)C(O)COCCCCCCCCCCCCCCCC. The summed E-state index contributed by atoms with van der Waals surface area (Å²) in [6, 6.07) is 0. The van der Waals surface area contributed by atoms with E-state index in [2.05, 4.69) is 13.8 Å². The van der Waals surface area contributed by atoms with Gasteiger partial charge in [0.05, 0.1) is 25.4 Å². The third kappa shape index (κ3) is 34.9. The summed E-state index contributed by atoms with van der Waals surface area (Å²) in [5.74, 6) is 0. The van der Waals surface area contributed by atoms with Crippen molar-refractivity contribution in [1.82, 2.24) is 0 Å². The molecule has 4 atom stereocenters. The van der Waals surface area contributed by atoms with Gasteiger partial charge in [0.25, 0.3) is 0 Å². The number of hydrogen-bond acceptors (Lipinski definition) is 7. The highest BCUT2D eigenvalue weighted by molar-refractivity contribution is 8.00. The van der Waals surface area contributed by atoms with Gasteiger partial charge in [-0.3, -0.25) is 0 Å². The Morgan fingerprint density at radius 1 is 0.388 bits per heavy atom. The molecular weight excluding hydrogens is 633 g/mol. The molecule has 0 aliphatic carbocycles. The molecule has 0 spiro atoms. The molecular formula is C42H86O6S. The first kappa shape index (κ1) is 49.1. The van der Waals surface area contributed by atoms with Crippen molar-refractivity contribution in [2.75, 3.05) is 39.6 Å². The number of thioether (sulfide) groups is 1. The third-order valence-electron chi connectivity index (χ3n) is 9.90. The fourth-order valence-corrected chi connectivity index (χ4v) is 8.05. The summed E-state index contributed by atoms with van der Waals surface area (Å²) in [7, 11) is 0. The van der Waals surface area contributed by atoms with Crippen molar-refractivity contribution >= 4 is 11.8 Å². The predicted molar refractivity (Wildman–Crippen MR) is 213 cm³/mol. The van der Waals surface area contributed by atoms with Crippen LogP contribution in [0.5, 0.6) is 0 Å². The molecule has 7 heteroatoms. The summed E-state index contributed by atoms with van der Waals surface area (Å²) in [6.07, 6.45) is 36.4. The number of aliphatic hydroxyl groups excluding tert-OH is 4. The Morgan fingerprint density at radius 2 is 0.633 bits per heavy atom. The molecule has 296 valence electrons. The van der Waals surface area contributed by atoms with Crippen LogP contribution in [0.1, 0.15) is 206 Å². The molecule has 0 aliphatic heterocycles. The van der Waals surface area contributed by atoms with E-state index in [1.165, 1.54) is 166 Å². The van der Waals surface area contributed by atoms with E-state index in [9.17, 15) is 20.4 Å². The molecule has 4 unspecified atom stereocenters. The molecule has 0 heterocycles. The summed E-state index contributed by atoms with van der Waals surface area (Å²) in [5.41, 5.74) is 0. The summed E-state index contributed by atoms with van der Waals surface area (Å²) in [6.45, 7) is 6.22. The zero-order valence-corrected chi connectivity index (χ0v) is 33.6. The topological polar surface area (TPSA) is 99.4 Å². The monoisotopic (exact) mass is 719 g/mol. The largest absolute Gasteiger partial charge is 0.396 e.